The largest absolute Gasteiger partial charge is 0.384 e. The summed E-state index contributed by atoms with van der Waals surface area (Å²) in [4.78, 5) is 16.2. The Morgan fingerprint density at radius 3 is 2.62 bits per heavy atom. The van der Waals surface area contributed by atoms with Crippen molar-refractivity contribution in [3.63, 3.8) is 0 Å². The molecule has 0 fully saturated rings. The zero-order valence-corrected chi connectivity index (χ0v) is 12.6. The number of benzene rings is 2. The molecule has 2 aromatic carbocycles. The summed E-state index contributed by atoms with van der Waals surface area (Å²) in [5.74, 6) is 0.111. The summed E-state index contributed by atoms with van der Waals surface area (Å²) in [6.07, 6.45) is 1.52. The number of aromatic nitrogens is 1. The number of nitrogens with one attached hydrogen (secondary N) is 1. The van der Waals surface area contributed by atoms with Crippen molar-refractivity contribution in [2.24, 2.45) is 0 Å². The molecule has 1 aromatic heterocycles. The van der Waals surface area contributed by atoms with Crippen LogP contribution in [0.4, 0.5) is 11.5 Å². The van der Waals surface area contributed by atoms with Gasteiger partial charge in [0.15, 0.2) is 0 Å². The molecule has 0 unspecified atom stereocenters. The molecule has 0 spiro atoms. The van der Waals surface area contributed by atoms with Crippen LogP contribution in [0.1, 0.15) is 10.4 Å². The Bertz CT molecular complexity index is 833. The van der Waals surface area contributed by atoms with Crippen LogP contribution in [0, 0.1) is 0 Å². The van der Waals surface area contributed by atoms with Crippen LogP contribution >= 0.6 is 15.9 Å². The molecule has 0 aliphatic rings. The molecule has 1 heterocycles. The van der Waals surface area contributed by atoms with E-state index in [0.717, 1.165) is 20.9 Å². The van der Waals surface area contributed by atoms with E-state index in [1.807, 2.05) is 36.4 Å². The number of carbonyl (C=O) groups is 1. The molecule has 1 amide bonds. The first-order valence-electron chi connectivity index (χ1n) is 6.35. The van der Waals surface area contributed by atoms with Gasteiger partial charge in [0.05, 0.1) is 0 Å². The summed E-state index contributed by atoms with van der Waals surface area (Å²) in [5.41, 5.74) is 6.84. The van der Waals surface area contributed by atoms with Crippen molar-refractivity contribution in [2.45, 2.75) is 0 Å². The van der Waals surface area contributed by atoms with Gasteiger partial charge in [-0.2, -0.15) is 0 Å². The standard InChI is InChI=1S/C16H12BrN3O/c17-13-5-6-14(12-4-2-1-3-11(12)13)20-16(21)10-7-8-19-15(18)9-10/h1-9H,(H2,18,19)(H,20,21). The lowest BCUT2D eigenvalue weighted by Crippen LogP contribution is -2.12. The number of nitrogens with two attached hydrogens (primary N) is 1. The highest BCUT2D eigenvalue weighted by atomic mass is 79.9. The van der Waals surface area contributed by atoms with Gasteiger partial charge >= 0.3 is 0 Å². The molecule has 21 heavy (non-hydrogen) atoms. The molecule has 104 valence electrons. The maximum Gasteiger partial charge on any atom is 0.255 e. The van der Waals surface area contributed by atoms with Crippen LogP contribution < -0.4 is 11.1 Å². The Labute approximate surface area is 130 Å². The number of anilines is 2. The number of nitrogen functional groups attached to an aromatic ring is 1. The third-order valence-electron chi connectivity index (χ3n) is 3.16. The maximum absolute atomic E-state index is 12.3. The number of amides is 1. The summed E-state index contributed by atoms with van der Waals surface area (Å²) in [6, 6.07) is 14.8. The van der Waals surface area contributed by atoms with Crippen molar-refractivity contribution in [2.75, 3.05) is 11.1 Å². The summed E-state index contributed by atoms with van der Waals surface area (Å²) in [5, 5.41) is 4.93. The molecule has 4 nitrogen and oxygen atoms in total. The number of carbonyl (C=O) groups excluding carboxylic acids is 1. The van der Waals surface area contributed by atoms with Crippen molar-refractivity contribution in [3.05, 3.63) is 64.8 Å². The van der Waals surface area contributed by atoms with Crippen molar-refractivity contribution in [1.29, 1.82) is 0 Å². The van der Waals surface area contributed by atoms with Gasteiger partial charge in [-0.3, -0.25) is 4.79 Å². The first-order chi connectivity index (χ1) is 10.1. The van der Waals surface area contributed by atoms with Crippen LogP contribution in [0.2, 0.25) is 0 Å². The van der Waals surface area contributed by atoms with Gasteiger partial charge in [-0.25, -0.2) is 4.98 Å². The molecule has 0 radical (unpaired) electrons. The second kappa shape index (κ2) is 5.54. The second-order valence-corrected chi connectivity index (χ2v) is 5.42. The maximum atomic E-state index is 12.3. The molecule has 3 aromatic rings. The molecular formula is C16H12BrN3O. The average molecular weight is 342 g/mol. The van der Waals surface area contributed by atoms with E-state index in [0.29, 0.717) is 11.4 Å². The fourth-order valence-corrected chi connectivity index (χ4v) is 2.63. The van der Waals surface area contributed by atoms with E-state index < -0.39 is 0 Å². The van der Waals surface area contributed by atoms with E-state index in [-0.39, 0.29) is 5.91 Å². The van der Waals surface area contributed by atoms with Crippen LogP contribution in [0.3, 0.4) is 0 Å². The van der Waals surface area contributed by atoms with Gasteiger partial charge in [0.2, 0.25) is 0 Å². The predicted octanol–water partition coefficient (Wildman–Crippen LogP) is 3.83. The van der Waals surface area contributed by atoms with Crippen molar-refractivity contribution < 1.29 is 4.79 Å². The normalized spacial score (nSPS) is 10.5. The van der Waals surface area contributed by atoms with E-state index in [1.54, 1.807) is 12.1 Å². The number of hydrogen-bond donors (Lipinski definition) is 2. The van der Waals surface area contributed by atoms with Crippen LogP contribution in [-0.2, 0) is 0 Å². The van der Waals surface area contributed by atoms with Gasteiger partial charge < -0.3 is 11.1 Å². The molecule has 0 aliphatic carbocycles. The number of rotatable bonds is 2. The lowest BCUT2D eigenvalue weighted by atomic mass is 10.1. The summed E-state index contributed by atoms with van der Waals surface area (Å²) in [6.45, 7) is 0. The third-order valence-corrected chi connectivity index (χ3v) is 3.85. The topological polar surface area (TPSA) is 68.0 Å². The molecule has 0 saturated heterocycles. The number of fused-ring (bicyclic) bond motifs is 1. The summed E-state index contributed by atoms with van der Waals surface area (Å²) >= 11 is 3.51. The van der Waals surface area contributed by atoms with Crippen LogP contribution in [0.5, 0.6) is 0 Å². The Balaban J connectivity index is 1.99. The van der Waals surface area contributed by atoms with Crippen LogP contribution in [0.25, 0.3) is 10.8 Å². The zero-order valence-electron chi connectivity index (χ0n) is 11.0. The lowest BCUT2D eigenvalue weighted by Gasteiger charge is -2.10. The molecule has 3 N–H and O–H groups in total. The van der Waals surface area contributed by atoms with Crippen molar-refractivity contribution in [3.8, 4) is 0 Å². The monoisotopic (exact) mass is 341 g/mol. The van der Waals surface area contributed by atoms with E-state index in [4.69, 9.17) is 5.73 Å². The average Bonchev–Trinajstić information content (AvgIpc) is 2.50. The molecule has 0 saturated carbocycles. The Kier molecular flexibility index (Phi) is 3.58. The quantitative estimate of drug-likeness (QED) is 0.744. The Morgan fingerprint density at radius 2 is 1.86 bits per heavy atom. The number of hydrogen-bond acceptors (Lipinski definition) is 3. The number of halogens is 1. The number of pyridine rings is 1. The van der Waals surface area contributed by atoms with Crippen molar-refractivity contribution in [1.82, 2.24) is 4.98 Å². The highest BCUT2D eigenvalue weighted by Gasteiger charge is 2.10. The van der Waals surface area contributed by atoms with E-state index in [1.165, 1.54) is 6.20 Å². The second-order valence-electron chi connectivity index (χ2n) is 4.56. The van der Waals surface area contributed by atoms with Crippen LogP contribution in [-0.4, -0.2) is 10.9 Å². The van der Waals surface area contributed by atoms with Gasteiger partial charge in [0, 0.05) is 27.3 Å². The van der Waals surface area contributed by atoms with E-state index in [2.05, 4.69) is 26.2 Å². The van der Waals surface area contributed by atoms with Crippen LogP contribution in [0.15, 0.2) is 59.2 Å². The van der Waals surface area contributed by atoms with Gasteiger partial charge in [-0.1, -0.05) is 40.2 Å². The highest BCUT2D eigenvalue weighted by Crippen LogP contribution is 2.30. The van der Waals surface area contributed by atoms with Gasteiger partial charge in [-0.05, 0) is 29.7 Å². The lowest BCUT2D eigenvalue weighted by molar-refractivity contribution is 0.102. The fourth-order valence-electron chi connectivity index (χ4n) is 2.16. The molecule has 0 bridgehead atoms. The van der Waals surface area contributed by atoms with E-state index in [9.17, 15) is 4.79 Å². The van der Waals surface area contributed by atoms with Crippen molar-refractivity contribution >= 4 is 44.1 Å². The van der Waals surface area contributed by atoms with Gasteiger partial charge in [0.25, 0.3) is 5.91 Å². The molecule has 0 atom stereocenters. The highest BCUT2D eigenvalue weighted by molar-refractivity contribution is 9.10. The first-order valence-corrected chi connectivity index (χ1v) is 7.14. The van der Waals surface area contributed by atoms with Gasteiger partial charge in [0.1, 0.15) is 5.82 Å². The zero-order chi connectivity index (χ0) is 14.8. The summed E-state index contributed by atoms with van der Waals surface area (Å²) < 4.78 is 0.990. The van der Waals surface area contributed by atoms with E-state index >= 15 is 0 Å². The third kappa shape index (κ3) is 2.73. The molecule has 3 rings (SSSR count). The Morgan fingerprint density at radius 1 is 1.10 bits per heavy atom. The summed E-state index contributed by atoms with van der Waals surface area (Å²) in [7, 11) is 0. The first kappa shape index (κ1) is 13.6. The van der Waals surface area contributed by atoms with Gasteiger partial charge in [-0.15, -0.1) is 0 Å². The Hall–Kier alpha value is -2.40. The molecule has 0 aliphatic heterocycles. The molecule has 5 heteroatoms. The fraction of sp³-hybridized carbons (Fsp3) is 0. The minimum Gasteiger partial charge on any atom is -0.384 e. The minimum atomic E-state index is -0.212. The predicted molar refractivity (Wildman–Crippen MR) is 88.3 cm³/mol. The minimum absolute atomic E-state index is 0.212. The molecular weight excluding hydrogens is 330 g/mol. The number of nitrogens with zero attached hydrogens (tertiary/aromatic N) is 1. The smallest absolute Gasteiger partial charge is 0.255 e. The SMILES string of the molecule is Nc1cc(C(=O)Nc2ccc(Br)c3ccccc23)ccn1.